The van der Waals surface area contributed by atoms with Crippen molar-refractivity contribution in [3.8, 4) is 11.5 Å². The number of hydrogen-bond donors (Lipinski definition) is 1. The number of nitrogens with zero attached hydrogens (tertiary/aromatic N) is 2. The quantitative estimate of drug-likeness (QED) is 0.166. The molecule has 0 atom stereocenters. The first-order valence-corrected chi connectivity index (χ1v) is 12.3. The maximum Gasteiger partial charge on any atom is 0.335 e. The molecular formula is C27H22BrN3O7. The van der Waals surface area contributed by atoms with Crippen LogP contribution in [0, 0.1) is 17.0 Å². The Morgan fingerprint density at radius 2 is 1.74 bits per heavy atom. The van der Waals surface area contributed by atoms with Crippen LogP contribution in [0.15, 0.2) is 70.7 Å². The molecular weight excluding hydrogens is 558 g/mol. The van der Waals surface area contributed by atoms with Gasteiger partial charge in [-0.25, -0.2) is 9.69 Å². The van der Waals surface area contributed by atoms with E-state index in [9.17, 15) is 24.5 Å². The number of carbonyl (C=O) groups is 3. The van der Waals surface area contributed by atoms with Gasteiger partial charge in [-0.05, 0) is 79.1 Å². The van der Waals surface area contributed by atoms with Crippen LogP contribution < -0.4 is 19.7 Å². The van der Waals surface area contributed by atoms with Crippen molar-refractivity contribution in [2.75, 3.05) is 11.5 Å². The number of nitrogens with one attached hydrogen (secondary N) is 1. The van der Waals surface area contributed by atoms with Crippen molar-refractivity contribution < 1.29 is 28.8 Å². The Balaban J connectivity index is 1.59. The van der Waals surface area contributed by atoms with Gasteiger partial charge in [0.25, 0.3) is 17.5 Å². The summed E-state index contributed by atoms with van der Waals surface area (Å²) < 4.78 is 12.4. The summed E-state index contributed by atoms with van der Waals surface area (Å²) in [5.74, 6) is -0.767. The molecule has 4 rings (SSSR count). The zero-order chi connectivity index (χ0) is 27.4. The van der Waals surface area contributed by atoms with E-state index in [1.54, 1.807) is 55.5 Å². The Kier molecular flexibility index (Phi) is 7.87. The van der Waals surface area contributed by atoms with Crippen molar-refractivity contribution in [3.05, 3.63) is 97.5 Å². The van der Waals surface area contributed by atoms with Gasteiger partial charge in [0.05, 0.1) is 17.2 Å². The second-order valence-electron chi connectivity index (χ2n) is 8.24. The molecule has 11 heteroatoms. The van der Waals surface area contributed by atoms with Crippen molar-refractivity contribution in [3.63, 3.8) is 0 Å². The third-order valence-corrected chi connectivity index (χ3v) is 6.51. The minimum Gasteiger partial charge on any atom is -0.490 e. The summed E-state index contributed by atoms with van der Waals surface area (Å²) in [5, 5.41) is 13.1. The number of rotatable bonds is 8. The highest BCUT2D eigenvalue weighted by atomic mass is 79.9. The highest BCUT2D eigenvalue weighted by molar-refractivity contribution is 9.10. The molecule has 3 aromatic rings. The number of aryl methyl sites for hydroxylation is 1. The minimum absolute atomic E-state index is 0.0158. The summed E-state index contributed by atoms with van der Waals surface area (Å²) >= 11 is 3.39. The van der Waals surface area contributed by atoms with Crippen molar-refractivity contribution in [2.24, 2.45) is 0 Å². The van der Waals surface area contributed by atoms with Crippen LogP contribution in [0.4, 0.5) is 16.2 Å². The Morgan fingerprint density at radius 3 is 2.39 bits per heavy atom. The molecule has 3 aromatic carbocycles. The van der Waals surface area contributed by atoms with E-state index in [2.05, 4.69) is 21.2 Å². The molecule has 1 heterocycles. The van der Waals surface area contributed by atoms with E-state index in [-0.39, 0.29) is 17.9 Å². The summed E-state index contributed by atoms with van der Waals surface area (Å²) in [6, 6.07) is 15.0. The molecule has 0 spiro atoms. The lowest BCUT2D eigenvalue weighted by Gasteiger charge is -2.26. The number of anilines is 1. The zero-order valence-corrected chi connectivity index (χ0v) is 22.0. The van der Waals surface area contributed by atoms with Crippen molar-refractivity contribution in [1.29, 1.82) is 0 Å². The van der Waals surface area contributed by atoms with Gasteiger partial charge in [-0.2, -0.15) is 0 Å². The van der Waals surface area contributed by atoms with Gasteiger partial charge in [0.2, 0.25) is 0 Å². The molecule has 0 radical (unpaired) electrons. The lowest BCUT2D eigenvalue weighted by Crippen LogP contribution is -2.54. The molecule has 1 aliphatic heterocycles. The first-order valence-electron chi connectivity index (χ1n) is 11.5. The average Bonchev–Trinajstić information content (AvgIpc) is 2.88. The SMILES string of the molecule is CCOc1cc(/C=C2\C(=O)NC(=O)N(c3ccc(Br)c(C)c3)C2=O)ccc1OCc1ccc([N+](=O)[O-])cc1. The van der Waals surface area contributed by atoms with Crippen molar-refractivity contribution in [2.45, 2.75) is 20.5 Å². The number of nitro benzene ring substituents is 1. The van der Waals surface area contributed by atoms with Gasteiger partial charge in [0.1, 0.15) is 12.2 Å². The highest BCUT2D eigenvalue weighted by Crippen LogP contribution is 2.31. The van der Waals surface area contributed by atoms with Crippen LogP contribution >= 0.6 is 15.9 Å². The van der Waals surface area contributed by atoms with Crippen LogP contribution in [0.3, 0.4) is 0 Å². The molecule has 38 heavy (non-hydrogen) atoms. The van der Waals surface area contributed by atoms with Gasteiger partial charge in [0, 0.05) is 16.6 Å². The average molecular weight is 580 g/mol. The zero-order valence-electron chi connectivity index (χ0n) is 20.4. The number of hydrogen-bond acceptors (Lipinski definition) is 7. The summed E-state index contributed by atoms with van der Waals surface area (Å²) in [6.45, 7) is 4.09. The smallest absolute Gasteiger partial charge is 0.335 e. The fourth-order valence-electron chi connectivity index (χ4n) is 3.70. The Hall–Kier alpha value is -4.51. The van der Waals surface area contributed by atoms with Crippen molar-refractivity contribution in [1.82, 2.24) is 5.32 Å². The molecule has 194 valence electrons. The van der Waals surface area contributed by atoms with E-state index in [1.807, 2.05) is 6.92 Å². The number of halogens is 1. The molecule has 0 aromatic heterocycles. The largest absolute Gasteiger partial charge is 0.490 e. The number of ether oxygens (including phenoxy) is 2. The summed E-state index contributed by atoms with van der Waals surface area (Å²) in [6.07, 6.45) is 1.38. The second-order valence-corrected chi connectivity index (χ2v) is 9.10. The predicted molar refractivity (Wildman–Crippen MR) is 143 cm³/mol. The fraction of sp³-hybridized carbons (Fsp3) is 0.148. The van der Waals surface area contributed by atoms with Gasteiger partial charge in [-0.3, -0.25) is 25.0 Å². The lowest BCUT2D eigenvalue weighted by molar-refractivity contribution is -0.384. The molecule has 1 saturated heterocycles. The number of benzene rings is 3. The molecule has 0 saturated carbocycles. The number of nitro groups is 1. The first-order chi connectivity index (χ1) is 18.2. The molecule has 0 bridgehead atoms. The molecule has 10 nitrogen and oxygen atoms in total. The number of amides is 4. The third-order valence-electron chi connectivity index (χ3n) is 5.62. The Morgan fingerprint density at radius 1 is 1.00 bits per heavy atom. The lowest BCUT2D eigenvalue weighted by atomic mass is 10.1. The number of non-ortho nitro benzene ring substituents is 1. The molecule has 0 unspecified atom stereocenters. The van der Waals surface area contributed by atoms with E-state index in [1.165, 1.54) is 18.2 Å². The predicted octanol–water partition coefficient (Wildman–Crippen LogP) is 5.31. The van der Waals surface area contributed by atoms with Crippen LogP contribution in [0.25, 0.3) is 6.08 Å². The first kappa shape index (κ1) is 26.6. The van der Waals surface area contributed by atoms with Gasteiger partial charge in [0.15, 0.2) is 11.5 Å². The highest BCUT2D eigenvalue weighted by Gasteiger charge is 2.37. The van der Waals surface area contributed by atoms with Crippen LogP contribution in [0.5, 0.6) is 11.5 Å². The van der Waals surface area contributed by atoms with Gasteiger partial charge < -0.3 is 9.47 Å². The van der Waals surface area contributed by atoms with Gasteiger partial charge >= 0.3 is 6.03 Å². The normalized spacial score (nSPS) is 14.4. The number of carbonyl (C=O) groups excluding carboxylic acids is 3. The fourth-order valence-corrected chi connectivity index (χ4v) is 3.95. The number of imide groups is 2. The van der Waals surface area contributed by atoms with E-state index in [0.717, 1.165) is 20.5 Å². The van der Waals surface area contributed by atoms with Gasteiger partial charge in [-0.1, -0.05) is 22.0 Å². The topological polar surface area (TPSA) is 128 Å². The summed E-state index contributed by atoms with van der Waals surface area (Å²) in [5.41, 5.74) is 2.12. The Bertz CT molecular complexity index is 1470. The summed E-state index contributed by atoms with van der Waals surface area (Å²) in [7, 11) is 0. The standard InChI is InChI=1S/C27H22BrN3O7/c1-3-37-24-14-18(6-11-23(24)38-15-17-4-7-19(8-5-17)31(35)36)13-21-25(32)29-27(34)30(26(21)33)20-9-10-22(28)16(2)12-20/h4-14H,3,15H2,1-2H3,(H,29,32,34)/b21-13+. The van der Waals surface area contributed by atoms with E-state index in [0.29, 0.717) is 29.4 Å². The monoisotopic (exact) mass is 579 g/mol. The second kappa shape index (κ2) is 11.3. The molecule has 1 N–H and O–H groups in total. The van der Waals surface area contributed by atoms with Crippen LogP contribution in [-0.4, -0.2) is 29.4 Å². The van der Waals surface area contributed by atoms with Gasteiger partial charge in [-0.15, -0.1) is 0 Å². The third kappa shape index (κ3) is 5.73. The van der Waals surface area contributed by atoms with Crippen LogP contribution in [0.1, 0.15) is 23.6 Å². The van der Waals surface area contributed by atoms with Crippen LogP contribution in [0.2, 0.25) is 0 Å². The van der Waals surface area contributed by atoms with E-state index >= 15 is 0 Å². The minimum atomic E-state index is -0.830. The molecule has 1 aliphatic rings. The maximum absolute atomic E-state index is 13.2. The summed E-state index contributed by atoms with van der Waals surface area (Å²) in [4.78, 5) is 49.6. The molecule has 4 amide bonds. The number of barbiturate groups is 1. The van der Waals surface area contributed by atoms with Crippen molar-refractivity contribution >= 4 is 51.2 Å². The van der Waals surface area contributed by atoms with Crippen LogP contribution in [-0.2, 0) is 16.2 Å². The van der Waals surface area contributed by atoms with E-state index in [4.69, 9.17) is 9.47 Å². The molecule has 1 fully saturated rings. The number of urea groups is 1. The maximum atomic E-state index is 13.2. The Labute approximate surface area is 226 Å². The van der Waals surface area contributed by atoms with E-state index < -0.39 is 22.8 Å². The molecule has 0 aliphatic carbocycles.